The van der Waals surface area contributed by atoms with Gasteiger partial charge in [-0.15, -0.1) is 0 Å². The van der Waals surface area contributed by atoms with Crippen molar-refractivity contribution in [2.24, 2.45) is 0 Å². The van der Waals surface area contributed by atoms with Crippen LogP contribution in [0.3, 0.4) is 0 Å². The Morgan fingerprint density at radius 1 is 1.07 bits per heavy atom. The summed E-state index contributed by atoms with van der Waals surface area (Å²) in [5.41, 5.74) is 2.40. The van der Waals surface area contributed by atoms with Gasteiger partial charge < -0.3 is 9.32 Å². The number of rotatable bonds is 4. The Balaban J connectivity index is 1.57. The van der Waals surface area contributed by atoms with Gasteiger partial charge in [-0.1, -0.05) is 29.8 Å². The monoisotopic (exact) mass is 416 g/mol. The molecule has 0 saturated heterocycles. The highest BCUT2D eigenvalue weighted by Crippen LogP contribution is 2.27. The van der Waals surface area contributed by atoms with E-state index in [4.69, 9.17) is 16.0 Å². The lowest BCUT2D eigenvalue weighted by atomic mass is 9.99. The number of halogens is 1. The number of hydrogen-bond acceptors (Lipinski definition) is 4. The van der Waals surface area contributed by atoms with Crippen LogP contribution in [0.5, 0.6) is 0 Å². The highest BCUT2D eigenvalue weighted by atomic mass is 35.5. The summed E-state index contributed by atoms with van der Waals surface area (Å²) in [6, 6.07) is 14.9. The maximum Gasteiger partial charge on any atom is 0.289 e. The van der Waals surface area contributed by atoms with E-state index >= 15 is 0 Å². The number of carbonyl (C=O) groups excluding carboxylic acids is 1. The summed E-state index contributed by atoms with van der Waals surface area (Å²) >= 11 is 6.02. The van der Waals surface area contributed by atoms with Gasteiger partial charge in [0.15, 0.2) is 5.76 Å². The Hall–Kier alpha value is -2.77. The van der Waals surface area contributed by atoms with E-state index < -0.39 is 10.0 Å². The Morgan fingerprint density at radius 2 is 1.89 bits per heavy atom. The third kappa shape index (κ3) is 3.63. The first-order valence-corrected chi connectivity index (χ1v) is 10.5. The van der Waals surface area contributed by atoms with Crippen LogP contribution in [0.25, 0.3) is 0 Å². The molecule has 0 radical (unpaired) electrons. The van der Waals surface area contributed by atoms with Crippen molar-refractivity contribution in [2.45, 2.75) is 17.9 Å². The molecule has 1 aliphatic heterocycles. The van der Waals surface area contributed by atoms with Crippen molar-refractivity contribution in [1.29, 1.82) is 0 Å². The standard InChI is InChI=1S/C20H17ClN2O4S/c21-17-4-1-2-6-19(17)28(25,26)22-16-8-7-14-9-10-23(13-15(14)12-16)20(24)18-5-3-11-27-18/h1-8,11-12,22H,9-10,13H2. The van der Waals surface area contributed by atoms with Crippen molar-refractivity contribution in [3.8, 4) is 0 Å². The van der Waals surface area contributed by atoms with Gasteiger partial charge in [0, 0.05) is 18.8 Å². The maximum atomic E-state index is 12.6. The molecular weight excluding hydrogens is 400 g/mol. The van der Waals surface area contributed by atoms with Crippen LogP contribution >= 0.6 is 11.6 Å². The quantitative estimate of drug-likeness (QED) is 0.698. The Bertz CT molecular complexity index is 1130. The normalized spacial score (nSPS) is 13.8. The fourth-order valence-electron chi connectivity index (χ4n) is 3.22. The summed E-state index contributed by atoms with van der Waals surface area (Å²) in [6.45, 7) is 0.966. The van der Waals surface area contributed by atoms with Crippen LogP contribution in [0.2, 0.25) is 5.02 Å². The molecule has 1 N–H and O–H groups in total. The van der Waals surface area contributed by atoms with Gasteiger partial charge in [0.25, 0.3) is 15.9 Å². The van der Waals surface area contributed by atoms with Gasteiger partial charge in [0.2, 0.25) is 0 Å². The van der Waals surface area contributed by atoms with E-state index in [9.17, 15) is 13.2 Å². The van der Waals surface area contributed by atoms with E-state index in [1.54, 1.807) is 41.3 Å². The Labute approximate surface area is 167 Å². The van der Waals surface area contributed by atoms with E-state index in [0.29, 0.717) is 31.0 Å². The zero-order chi connectivity index (χ0) is 19.7. The van der Waals surface area contributed by atoms with Crippen molar-refractivity contribution in [2.75, 3.05) is 11.3 Å². The first-order chi connectivity index (χ1) is 13.4. The largest absolute Gasteiger partial charge is 0.459 e. The van der Waals surface area contributed by atoms with Crippen molar-refractivity contribution < 1.29 is 17.6 Å². The highest BCUT2D eigenvalue weighted by Gasteiger charge is 2.24. The molecule has 0 unspecified atom stereocenters. The molecule has 0 atom stereocenters. The minimum atomic E-state index is -3.81. The smallest absolute Gasteiger partial charge is 0.289 e. The number of benzene rings is 2. The molecule has 1 aromatic heterocycles. The second-order valence-corrected chi connectivity index (χ2v) is 8.53. The molecule has 0 aliphatic carbocycles. The van der Waals surface area contributed by atoms with E-state index in [1.165, 1.54) is 18.4 Å². The molecule has 3 aromatic rings. The van der Waals surface area contributed by atoms with Crippen LogP contribution in [-0.2, 0) is 23.0 Å². The van der Waals surface area contributed by atoms with Gasteiger partial charge >= 0.3 is 0 Å². The maximum absolute atomic E-state index is 12.6. The summed E-state index contributed by atoms with van der Waals surface area (Å²) in [5, 5.41) is 0.156. The molecule has 0 bridgehead atoms. The molecule has 2 aromatic carbocycles. The number of furan rings is 1. The predicted octanol–water partition coefficient (Wildman–Crippen LogP) is 3.93. The van der Waals surface area contributed by atoms with E-state index in [1.807, 2.05) is 6.07 Å². The SMILES string of the molecule is O=C(c1ccco1)N1CCc2ccc(NS(=O)(=O)c3ccccc3Cl)cc2C1. The van der Waals surface area contributed by atoms with Crippen molar-refractivity contribution in [3.05, 3.63) is 82.8 Å². The van der Waals surface area contributed by atoms with Gasteiger partial charge in [-0.3, -0.25) is 9.52 Å². The number of fused-ring (bicyclic) bond motifs is 1. The number of anilines is 1. The van der Waals surface area contributed by atoms with Crippen LogP contribution in [0.4, 0.5) is 5.69 Å². The number of nitrogens with zero attached hydrogens (tertiary/aromatic N) is 1. The molecule has 0 spiro atoms. The second kappa shape index (κ2) is 7.33. The lowest BCUT2D eigenvalue weighted by Gasteiger charge is -2.28. The van der Waals surface area contributed by atoms with Gasteiger partial charge in [-0.25, -0.2) is 8.42 Å². The number of nitrogens with one attached hydrogen (secondary N) is 1. The number of amides is 1. The van der Waals surface area contributed by atoms with E-state index in [2.05, 4.69) is 4.72 Å². The molecule has 1 aliphatic rings. The van der Waals surface area contributed by atoms with Gasteiger partial charge in [0.1, 0.15) is 4.90 Å². The Kier molecular flexibility index (Phi) is 4.87. The van der Waals surface area contributed by atoms with Crippen LogP contribution in [-0.4, -0.2) is 25.8 Å². The topological polar surface area (TPSA) is 79.6 Å². The summed E-state index contributed by atoms with van der Waals surface area (Å²) in [4.78, 5) is 14.2. The second-order valence-electron chi connectivity index (χ2n) is 6.47. The first kappa shape index (κ1) is 18.6. The third-order valence-electron chi connectivity index (χ3n) is 4.62. The zero-order valence-electron chi connectivity index (χ0n) is 14.8. The van der Waals surface area contributed by atoms with Crippen molar-refractivity contribution in [1.82, 2.24) is 4.90 Å². The average molecular weight is 417 g/mol. The fourth-order valence-corrected chi connectivity index (χ4v) is 4.79. The molecule has 4 rings (SSSR count). The predicted molar refractivity (Wildman–Crippen MR) is 106 cm³/mol. The molecule has 0 saturated carbocycles. The van der Waals surface area contributed by atoms with Crippen LogP contribution in [0.1, 0.15) is 21.7 Å². The summed E-state index contributed by atoms with van der Waals surface area (Å²) < 4.78 is 33.0. The minimum absolute atomic E-state index is 0.0176. The molecule has 28 heavy (non-hydrogen) atoms. The lowest BCUT2D eigenvalue weighted by molar-refractivity contribution is 0.0702. The fraction of sp³-hybridized carbons (Fsp3) is 0.150. The summed E-state index contributed by atoms with van der Waals surface area (Å²) in [6.07, 6.45) is 2.16. The molecule has 144 valence electrons. The lowest BCUT2D eigenvalue weighted by Crippen LogP contribution is -2.35. The minimum Gasteiger partial charge on any atom is -0.459 e. The average Bonchev–Trinajstić information content (AvgIpc) is 3.21. The molecule has 8 heteroatoms. The zero-order valence-corrected chi connectivity index (χ0v) is 16.3. The van der Waals surface area contributed by atoms with Crippen LogP contribution in [0, 0.1) is 0 Å². The van der Waals surface area contributed by atoms with Crippen molar-refractivity contribution >= 4 is 33.2 Å². The van der Waals surface area contributed by atoms with E-state index in [-0.39, 0.29) is 15.8 Å². The first-order valence-electron chi connectivity index (χ1n) is 8.66. The third-order valence-corrected chi connectivity index (χ3v) is 6.50. The molecule has 1 amide bonds. The van der Waals surface area contributed by atoms with Gasteiger partial charge in [-0.05, 0) is 53.9 Å². The summed E-state index contributed by atoms with van der Waals surface area (Å²) in [5.74, 6) is 0.108. The molecular formula is C20H17ClN2O4S. The number of carbonyl (C=O) groups is 1. The number of sulfonamides is 1. The van der Waals surface area contributed by atoms with Crippen molar-refractivity contribution in [3.63, 3.8) is 0 Å². The van der Waals surface area contributed by atoms with Crippen LogP contribution < -0.4 is 4.72 Å². The van der Waals surface area contributed by atoms with E-state index in [0.717, 1.165) is 11.1 Å². The van der Waals surface area contributed by atoms with Gasteiger partial charge in [-0.2, -0.15) is 0 Å². The Morgan fingerprint density at radius 3 is 2.64 bits per heavy atom. The molecule has 6 nitrogen and oxygen atoms in total. The van der Waals surface area contributed by atoms with Gasteiger partial charge in [0.05, 0.1) is 11.3 Å². The summed E-state index contributed by atoms with van der Waals surface area (Å²) in [7, 11) is -3.81. The number of hydrogen-bond donors (Lipinski definition) is 1. The molecule has 0 fully saturated rings. The molecule has 2 heterocycles. The van der Waals surface area contributed by atoms with Crippen LogP contribution in [0.15, 0.2) is 70.2 Å². The highest BCUT2D eigenvalue weighted by molar-refractivity contribution is 7.92.